The van der Waals surface area contributed by atoms with Gasteiger partial charge < -0.3 is 0 Å². The molecule has 2 aromatic rings. The first-order valence-corrected chi connectivity index (χ1v) is 12.6. The zero-order valence-electron chi connectivity index (χ0n) is 24.4. The molecule has 0 aliphatic heterocycles. The van der Waals surface area contributed by atoms with Crippen molar-refractivity contribution in [1.82, 2.24) is 0 Å². The Balaban J connectivity index is 2.58. The second-order valence-electron chi connectivity index (χ2n) is 13.9. The van der Waals surface area contributed by atoms with Crippen molar-refractivity contribution in [2.45, 2.75) is 119 Å². The van der Waals surface area contributed by atoms with Gasteiger partial charge in [-0.25, -0.2) is 0 Å². The standard InChI is InChI=1S/C32H48N2/c1-21(33-27-17-23(29(3,4)5)15-24(18-27)30(6,7)8)22(2)34-28-19-25(31(9,10)11)16-26(20-28)32(12,13)14/h15-20H,1-14H3. The van der Waals surface area contributed by atoms with Crippen molar-refractivity contribution in [3.8, 4) is 0 Å². The van der Waals surface area contributed by atoms with Crippen LogP contribution >= 0.6 is 0 Å². The average molecular weight is 461 g/mol. The highest BCUT2D eigenvalue weighted by atomic mass is 14.8. The lowest BCUT2D eigenvalue weighted by Gasteiger charge is -2.26. The normalized spacial score (nSPS) is 14.5. The summed E-state index contributed by atoms with van der Waals surface area (Å²) in [6.07, 6.45) is 0. The van der Waals surface area contributed by atoms with E-state index in [9.17, 15) is 0 Å². The molecule has 0 aliphatic carbocycles. The van der Waals surface area contributed by atoms with E-state index < -0.39 is 0 Å². The molecule has 2 nitrogen and oxygen atoms in total. The molecule has 2 rings (SSSR count). The van der Waals surface area contributed by atoms with E-state index in [-0.39, 0.29) is 21.7 Å². The van der Waals surface area contributed by atoms with Crippen molar-refractivity contribution < 1.29 is 0 Å². The van der Waals surface area contributed by atoms with Crippen molar-refractivity contribution in [1.29, 1.82) is 0 Å². The third kappa shape index (κ3) is 7.39. The van der Waals surface area contributed by atoms with E-state index in [1.54, 1.807) is 0 Å². The van der Waals surface area contributed by atoms with Crippen LogP contribution in [0.1, 0.15) is 119 Å². The molecule has 34 heavy (non-hydrogen) atoms. The molecule has 0 spiro atoms. The molecule has 0 atom stereocenters. The van der Waals surface area contributed by atoms with Crippen LogP contribution in [0.5, 0.6) is 0 Å². The van der Waals surface area contributed by atoms with Gasteiger partial charge in [0.05, 0.1) is 22.8 Å². The smallest absolute Gasteiger partial charge is 0.0639 e. The fourth-order valence-corrected chi connectivity index (χ4v) is 3.63. The summed E-state index contributed by atoms with van der Waals surface area (Å²) in [4.78, 5) is 10.1. The molecule has 0 bridgehead atoms. The van der Waals surface area contributed by atoms with Crippen molar-refractivity contribution >= 4 is 22.8 Å². The third-order valence-electron chi connectivity index (χ3n) is 6.42. The predicted molar refractivity (Wildman–Crippen MR) is 153 cm³/mol. The Morgan fingerprint density at radius 1 is 0.412 bits per heavy atom. The maximum atomic E-state index is 5.03. The van der Waals surface area contributed by atoms with Crippen LogP contribution in [0.15, 0.2) is 46.4 Å². The van der Waals surface area contributed by atoms with Crippen LogP contribution in [0.25, 0.3) is 0 Å². The predicted octanol–water partition coefficient (Wildman–Crippen LogP) is 9.76. The van der Waals surface area contributed by atoms with Crippen LogP contribution in [0.3, 0.4) is 0 Å². The van der Waals surface area contributed by atoms with Crippen molar-refractivity contribution in [3.63, 3.8) is 0 Å². The average Bonchev–Trinajstić information content (AvgIpc) is 2.64. The quantitative estimate of drug-likeness (QED) is 0.407. The summed E-state index contributed by atoms with van der Waals surface area (Å²) in [7, 11) is 0. The van der Waals surface area contributed by atoms with E-state index in [1.165, 1.54) is 22.3 Å². The Hall–Kier alpha value is -2.22. The lowest BCUT2D eigenvalue weighted by Crippen LogP contribution is -2.16. The Bertz CT molecular complexity index is 932. The monoisotopic (exact) mass is 460 g/mol. The number of aliphatic imine (C=N–C) groups is 2. The van der Waals surface area contributed by atoms with Crippen LogP contribution in [-0.2, 0) is 21.7 Å². The second-order valence-corrected chi connectivity index (χ2v) is 13.9. The van der Waals surface area contributed by atoms with Gasteiger partial charge >= 0.3 is 0 Å². The molecule has 0 radical (unpaired) electrons. The van der Waals surface area contributed by atoms with Gasteiger partial charge in [-0.05, 0) is 82.0 Å². The highest BCUT2D eigenvalue weighted by molar-refractivity contribution is 6.41. The number of benzene rings is 2. The van der Waals surface area contributed by atoms with Crippen LogP contribution < -0.4 is 0 Å². The van der Waals surface area contributed by atoms with Crippen molar-refractivity contribution in [2.75, 3.05) is 0 Å². The summed E-state index contributed by atoms with van der Waals surface area (Å²) >= 11 is 0. The molecular formula is C32H48N2. The van der Waals surface area contributed by atoms with Gasteiger partial charge in [-0.15, -0.1) is 0 Å². The van der Waals surface area contributed by atoms with Gasteiger partial charge in [0.2, 0.25) is 0 Å². The first-order valence-electron chi connectivity index (χ1n) is 12.6. The number of nitrogens with zero attached hydrogens (tertiary/aromatic N) is 2. The molecule has 0 N–H and O–H groups in total. The first kappa shape index (κ1) is 28.0. The van der Waals surface area contributed by atoms with Crippen molar-refractivity contribution in [2.24, 2.45) is 9.98 Å². The summed E-state index contributed by atoms with van der Waals surface area (Å²) in [5.74, 6) is 0. The SMILES string of the molecule is CC(=Nc1cc(C(C)(C)C)cc(C(C)(C)C)c1)C(C)=Nc1cc(C(C)(C)C)cc(C(C)(C)C)c1. The second kappa shape index (κ2) is 9.44. The van der Waals surface area contributed by atoms with Crippen LogP contribution in [0, 0.1) is 0 Å². The van der Waals surface area contributed by atoms with Gasteiger partial charge in [-0.2, -0.15) is 0 Å². The fraction of sp³-hybridized carbons (Fsp3) is 0.562. The van der Waals surface area contributed by atoms with Crippen LogP contribution in [-0.4, -0.2) is 11.4 Å². The molecular weight excluding hydrogens is 412 g/mol. The number of hydrogen-bond donors (Lipinski definition) is 0. The summed E-state index contributed by atoms with van der Waals surface area (Å²) < 4.78 is 0. The zero-order valence-corrected chi connectivity index (χ0v) is 24.4. The maximum Gasteiger partial charge on any atom is 0.0639 e. The Morgan fingerprint density at radius 3 is 0.794 bits per heavy atom. The van der Waals surface area contributed by atoms with Gasteiger partial charge in [-0.3, -0.25) is 9.98 Å². The fourth-order valence-electron chi connectivity index (χ4n) is 3.63. The molecule has 0 fully saturated rings. The molecule has 0 amide bonds. The highest BCUT2D eigenvalue weighted by Crippen LogP contribution is 2.34. The maximum absolute atomic E-state index is 5.03. The topological polar surface area (TPSA) is 24.7 Å². The van der Waals surface area contributed by atoms with E-state index in [0.717, 1.165) is 22.8 Å². The Kier molecular flexibility index (Phi) is 7.78. The summed E-state index contributed by atoms with van der Waals surface area (Å²) in [5.41, 5.74) is 9.43. The summed E-state index contributed by atoms with van der Waals surface area (Å²) in [6, 6.07) is 13.6. The minimum Gasteiger partial charge on any atom is -0.252 e. The highest BCUT2D eigenvalue weighted by Gasteiger charge is 2.22. The zero-order chi connectivity index (χ0) is 26.3. The van der Waals surface area contributed by atoms with Gasteiger partial charge in [0, 0.05) is 0 Å². The van der Waals surface area contributed by atoms with E-state index in [2.05, 4.69) is 133 Å². The van der Waals surface area contributed by atoms with Crippen LogP contribution in [0.2, 0.25) is 0 Å². The van der Waals surface area contributed by atoms with E-state index in [1.807, 2.05) is 0 Å². The largest absolute Gasteiger partial charge is 0.252 e. The molecule has 186 valence electrons. The summed E-state index contributed by atoms with van der Waals surface area (Å²) in [5, 5.41) is 0. The molecule has 0 unspecified atom stereocenters. The van der Waals surface area contributed by atoms with E-state index >= 15 is 0 Å². The van der Waals surface area contributed by atoms with Gasteiger partial charge in [-0.1, -0.05) is 95.2 Å². The molecule has 2 heteroatoms. The molecule has 0 aromatic heterocycles. The van der Waals surface area contributed by atoms with Crippen LogP contribution in [0.4, 0.5) is 11.4 Å². The molecule has 0 aliphatic rings. The third-order valence-corrected chi connectivity index (χ3v) is 6.42. The minimum atomic E-state index is 0.0688. The lowest BCUT2D eigenvalue weighted by molar-refractivity contribution is 0.568. The van der Waals surface area contributed by atoms with Gasteiger partial charge in [0.25, 0.3) is 0 Å². The van der Waals surface area contributed by atoms with Gasteiger partial charge in [0.15, 0.2) is 0 Å². The minimum absolute atomic E-state index is 0.0688. The number of hydrogen-bond acceptors (Lipinski definition) is 2. The molecule has 2 aromatic carbocycles. The van der Waals surface area contributed by atoms with Gasteiger partial charge in [0.1, 0.15) is 0 Å². The van der Waals surface area contributed by atoms with E-state index in [4.69, 9.17) is 9.98 Å². The Labute approximate surface area is 210 Å². The van der Waals surface area contributed by atoms with E-state index in [0.29, 0.717) is 0 Å². The molecule has 0 heterocycles. The lowest BCUT2D eigenvalue weighted by atomic mass is 9.80. The van der Waals surface area contributed by atoms with Crippen molar-refractivity contribution in [3.05, 3.63) is 58.7 Å². The molecule has 0 saturated carbocycles. The summed E-state index contributed by atoms with van der Waals surface area (Å²) in [6.45, 7) is 31.3. The molecule has 0 saturated heterocycles. The number of rotatable bonds is 3. The first-order chi connectivity index (χ1) is 15.2. The Morgan fingerprint density at radius 2 is 0.618 bits per heavy atom.